The fourth-order valence-electron chi connectivity index (χ4n) is 3.74. The summed E-state index contributed by atoms with van der Waals surface area (Å²) >= 11 is 0. The maximum Gasteiger partial charge on any atom is 0.201 e. The molecule has 166 valence electrons. The van der Waals surface area contributed by atoms with E-state index in [2.05, 4.69) is 67.6 Å². The lowest BCUT2D eigenvalue weighted by molar-refractivity contribution is 0.411. The molecule has 0 aliphatic heterocycles. The minimum Gasteiger partial charge on any atom is -0.462 e. The van der Waals surface area contributed by atoms with Crippen LogP contribution in [0.15, 0.2) is 97.3 Å². The van der Waals surface area contributed by atoms with Gasteiger partial charge in [0.15, 0.2) is 11.6 Å². The van der Waals surface area contributed by atoms with Gasteiger partial charge in [-0.25, -0.2) is 4.39 Å². The summed E-state index contributed by atoms with van der Waals surface area (Å²) in [5.74, 6) is -1.90. The highest BCUT2D eigenvalue weighted by atomic mass is 19.2. The largest absolute Gasteiger partial charge is 0.462 e. The van der Waals surface area contributed by atoms with Crippen LogP contribution in [0, 0.1) is 18.6 Å². The molecule has 1 nitrogen and oxygen atoms in total. The van der Waals surface area contributed by atoms with Crippen LogP contribution in [-0.2, 0) is 12.8 Å². The highest BCUT2D eigenvalue weighted by molar-refractivity contribution is 5.70. The van der Waals surface area contributed by atoms with Crippen molar-refractivity contribution in [3.63, 3.8) is 0 Å². The van der Waals surface area contributed by atoms with Gasteiger partial charge in [0.1, 0.15) is 0 Å². The summed E-state index contributed by atoms with van der Waals surface area (Å²) in [6.45, 7) is 3.83. The van der Waals surface area contributed by atoms with Gasteiger partial charge in [-0.05, 0) is 66.1 Å². The van der Waals surface area contributed by atoms with Gasteiger partial charge in [0.2, 0.25) is 5.82 Å². The molecule has 0 amide bonds. The zero-order valence-corrected chi connectivity index (χ0v) is 18.8. The second-order valence-corrected chi connectivity index (χ2v) is 8.08. The second-order valence-electron chi connectivity index (χ2n) is 8.08. The number of allylic oxidation sites excluding steroid dienone is 1. The standard InChI is InChI=1S/C30H26F2O/c1-3-20-33-28-19-18-27(29(31)30(28)32)13-8-22-6-11-24(12-7-22)26-16-14-25(15-17-26)23-9-4-21(2)5-10-23/h3-7,9-12,14-20H,8,13H2,1-2H3/b20-3+. The molecule has 0 atom stereocenters. The lowest BCUT2D eigenvalue weighted by atomic mass is 9.98. The highest BCUT2D eigenvalue weighted by Crippen LogP contribution is 2.27. The average molecular weight is 441 g/mol. The molecule has 33 heavy (non-hydrogen) atoms. The van der Waals surface area contributed by atoms with Crippen molar-refractivity contribution in [2.24, 2.45) is 0 Å². The average Bonchev–Trinajstić information content (AvgIpc) is 2.85. The Morgan fingerprint density at radius 1 is 0.636 bits per heavy atom. The van der Waals surface area contributed by atoms with E-state index in [-0.39, 0.29) is 5.75 Å². The van der Waals surface area contributed by atoms with Gasteiger partial charge in [-0.3, -0.25) is 0 Å². The third kappa shape index (κ3) is 5.38. The first-order valence-electron chi connectivity index (χ1n) is 11.1. The van der Waals surface area contributed by atoms with Gasteiger partial charge < -0.3 is 4.74 Å². The molecule has 0 bridgehead atoms. The molecular weight excluding hydrogens is 414 g/mol. The number of halogens is 2. The summed E-state index contributed by atoms with van der Waals surface area (Å²) in [4.78, 5) is 0. The minimum absolute atomic E-state index is 0.105. The van der Waals surface area contributed by atoms with Crippen molar-refractivity contribution in [2.75, 3.05) is 0 Å². The Labute approximate surface area is 194 Å². The number of ether oxygens (including phenoxy) is 1. The fraction of sp³-hybridized carbons (Fsp3) is 0.133. The Balaban J connectivity index is 1.41. The number of benzene rings is 4. The summed E-state index contributed by atoms with van der Waals surface area (Å²) in [6.07, 6.45) is 3.98. The van der Waals surface area contributed by atoms with E-state index >= 15 is 0 Å². The molecular formula is C30H26F2O. The molecule has 4 aromatic rings. The van der Waals surface area contributed by atoms with Gasteiger partial charge in [0.25, 0.3) is 0 Å². The zero-order valence-electron chi connectivity index (χ0n) is 18.8. The summed E-state index contributed by atoms with van der Waals surface area (Å²) in [6, 6.07) is 28.3. The molecule has 0 fully saturated rings. The smallest absolute Gasteiger partial charge is 0.201 e. The van der Waals surface area contributed by atoms with Crippen molar-refractivity contribution in [3.05, 3.63) is 126 Å². The Morgan fingerprint density at radius 3 is 1.70 bits per heavy atom. The molecule has 0 N–H and O–H groups in total. The van der Waals surface area contributed by atoms with Crippen LogP contribution in [0.3, 0.4) is 0 Å². The molecule has 0 aliphatic carbocycles. The van der Waals surface area contributed by atoms with Crippen LogP contribution in [0.4, 0.5) is 8.78 Å². The summed E-state index contributed by atoms with van der Waals surface area (Å²) < 4.78 is 33.6. The molecule has 0 aliphatic rings. The van der Waals surface area contributed by atoms with Crippen molar-refractivity contribution >= 4 is 0 Å². The van der Waals surface area contributed by atoms with E-state index in [0.717, 1.165) is 16.7 Å². The van der Waals surface area contributed by atoms with E-state index in [1.807, 2.05) is 12.1 Å². The van der Waals surface area contributed by atoms with E-state index < -0.39 is 11.6 Å². The van der Waals surface area contributed by atoms with E-state index in [4.69, 9.17) is 4.74 Å². The zero-order chi connectivity index (χ0) is 23.2. The van der Waals surface area contributed by atoms with Crippen molar-refractivity contribution in [3.8, 4) is 28.0 Å². The van der Waals surface area contributed by atoms with Crippen molar-refractivity contribution in [1.29, 1.82) is 0 Å². The monoisotopic (exact) mass is 440 g/mol. The quantitative estimate of drug-likeness (QED) is 0.263. The Morgan fingerprint density at radius 2 is 1.15 bits per heavy atom. The Kier molecular flexibility index (Phi) is 6.99. The van der Waals surface area contributed by atoms with E-state index in [9.17, 15) is 8.78 Å². The predicted octanol–water partition coefficient (Wildman–Crippen LogP) is 8.30. The van der Waals surface area contributed by atoms with Gasteiger partial charge in [0.05, 0.1) is 6.26 Å². The highest BCUT2D eigenvalue weighted by Gasteiger charge is 2.14. The molecule has 0 aromatic heterocycles. The van der Waals surface area contributed by atoms with Crippen LogP contribution in [0.25, 0.3) is 22.3 Å². The molecule has 0 spiro atoms. The second kappa shape index (κ2) is 10.3. The first-order valence-corrected chi connectivity index (χ1v) is 11.1. The lowest BCUT2D eigenvalue weighted by Crippen LogP contribution is -2.00. The lowest BCUT2D eigenvalue weighted by Gasteiger charge is -2.09. The van der Waals surface area contributed by atoms with Gasteiger partial charge in [-0.15, -0.1) is 0 Å². The summed E-state index contributed by atoms with van der Waals surface area (Å²) in [7, 11) is 0. The molecule has 0 saturated carbocycles. The molecule has 0 unspecified atom stereocenters. The molecule has 3 heteroatoms. The van der Waals surface area contributed by atoms with E-state index in [1.54, 1.807) is 19.1 Å². The van der Waals surface area contributed by atoms with E-state index in [0.29, 0.717) is 18.4 Å². The minimum atomic E-state index is -0.949. The Bertz CT molecular complexity index is 1240. The molecule has 0 heterocycles. The summed E-state index contributed by atoms with van der Waals surface area (Å²) in [5.41, 5.74) is 7.32. The van der Waals surface area contributed by atoms with Crippen LogP contribution >= 0.6 is 0 Å². The van der Waals surface area contributed by atoms with Crippen molar-refractivity contribution in [1.82, 2.24) is 0 Å². The Hall–Kier alpha value is -3.72. The fourth-order valence-corrected chi connectivity index (χ4v) is 3.74. The number of aryl methyl sites for hydroxylation is 3. The number of hydrogen-bond acceptors (Lipinski definition) is 1. The predicted molar refractivity (Wildman–Crippen MR) is 131 cm³/mol. The van der Waals surface area contributed by atoms with Crippen LogP contribution < -0.4 is 4.74 Å². The molecule has 4 rings (SSSR count). The maximum absolute atomic E-state index is 14.4. The van der Waals surface area contributed by atoms with Crippen molar-refractivity contribution < 1.29 is 13.5 Å². The maximum atomic E-state index is 14.4. The molecule has 4 aromatic carbocycles. The number of hydrogen-bond donors (Lipinski definition) is 0. The van der Waals surface area contributed by atoms with Crippen LogP contribution in [0.5, 0.6) is 5.75 Å². The summed E-state index contributed by atoms with van der Waals surface area (Å²) in [5, 5.41) is 0. The van der Waals surface area contributed by atoms with Crippen molar-refractivity contribution in [2.45, 2.75) is 26.7 Å². The third-order valence-electron chi connectivity index (χ3n) is 5.70. The first kappa shape index (κ1) is 22.5. The molecule has 0 saturated heterocycles. The number of rotatable bonds is 7. The van der Waals surface area contributed by atoms with Crippen LogP contribution in [0.2, 0.25) is 0 Å². The topological polar surface area (TPSA) is 9.23 Å². The first-order chi connectivity index (χ1) is 16.0. The van der Waals surface area contributed by atoms with E-state index in [1.165, 1.54) is 29.0 Å². The van der Waals surface area contributed by atoms with Gasteiger partial charge in [-0.1, -0.05) is 90.5 Å². The SMILES string of the molecule is C/C=C/Oc1ccc(CCc2ccc(-c3ccc(-c4ccc(C)cc4)cc3)cc2)c(F)c1F. The van der Waals surface area contributed by atoms with Crippen LogP contribution in [-0.4, -0.2) is 0 Å². The third-order valence-corrected chi connectivity index (χ3v) is 5.70. The van der Waals surface area contributed by atoms with Crippen LogP contribution in [0.1, 0.15) is 23.6 Å². The van der Waals surface area contributed by atoms with Gasteiger partial charge in [-0.2, -0.15) is 4.39 Å². The molecule has 0 radical (unpaired) electrons. The van der Waals surface area contributed by atoms with Gasteiger partial charge in [0, 0.05) is 0 Å². The normalized spacial score (nSPS) is 11.2. The van der Waals surface area contributed by atoms with Gasteiger partial charge >= 0.3 is 0 Å².